The van der Waals surface area contributed by atoms with E-state index in [2.05, 4.69) is 5.32 Å². The Balaban J connectivity index is 3.70. The van der Waals surface area contributed by atoms with Crippen molar-refractivity contribution in [1.82, 2.24) is 5.32 Å². The molecule has 0 unspecified atom stereocenters. The Kier molecular flexibility index (Phi) is 8.49. The summed E-state index contributed by atoms with van der Waals surface area (Å²) < 4.78 is 0. The average Bonchev–Trinajstić information content (AvgIpc) is 2.29. The lowest BCUT2D eigenvalue weighted by Crippen LogP contribution is -2.37. The van der Waals surface area contributed by atoms with Crippen molar-refractivity contribution in [1.29, 1.82) is 0 Å². The Hall–Kier alpha value is -1.68. The summed E-state index contributed by atoms with van der Waals surface area (Å²) in [5.41, 5.74) is -0.892. The first-order valence-electron chi connectivity index (χ1n) is 5.89. The van der Waals surface area contributed by atoms with Crippen molar-refractivity contribution in [3.8, 4) is 0 Å². The molecule has 100 valence electrons. The summed E-state index contributed by atoms with van der Waals surface area (Å²) in [7, 11) is 0. The Morgan fingerprint density at radius 1 is 1.17 bits per heavy atom. The highest BCUT2D eigenvalue weighted by molar-refractivity contribution is 5.87. The van der Waals surface area contributed by atoms with E-state index in [0.717, 1.165) is 19.1 Å². The maximum absolute atomic E-state index is 11.3. The predicted octanol–water partition coefficient (Wildman–Crippen LogP) is 1.52. The van der Waals surface area contributed by atoms with Crippen LogP contribution in [0.15, 0.2) is 36.5 Å². The first-order valence-corrected chi connectivity index (χ1v) is 5.89. The zero-order chi connectivity index (χ0) is 13.9. The van der Waals surface area contributed by atoms with Crippen molar-refractivity contribution in [2.45, 2.75) is 32.3 Å². The van der Waals surface area contributed by atoms with Crippen LogP contribution >= 0.6 is 0 Å². The number of rotatable bonds is 8. The van der Waals surface area contributed by atoms with E-state index in [1.54, 1.807) is 32.1 Å². The number of carbonyl (C=O) groups is 2. The maximum atomic E-state index is 11.3. The van der Waals surface area contributed by atoms with Crippen molar-refractivity contribution in [3.63, 3.8) is 0 Å². The summed E-state index contributed by atoms with van der Waals surface area (Å²) in [5.74, 6) is -0.207. The molecule has 4 heteroatoms. The summed E-state index contributed by atoms with van der Waals surface area (Å²) in [6, 6.07) is 0. The van der Waals surface area contributed by atoms with Crippen molar-refractivity contribution in [2.24, 2.45) is 0 Å². The molecule has 0 aliphatic carbocycles. The number of amides is 1. The second-order valence-corrected chi connectivity index (χ2v) is 4.46. The molecule has 0 heterocycles. The van der Waals surface area contributed by atoms with E-state index in [1.807, 2.05) is 6.08 Å². The first kappa shape index (κ1) is 16.3. The topological polar surface area (TPSA) is 66.4 Å². The molecule has 0 rings (SSSR count). The quantitative estimate of drug-likeness (QED) is 0.297. The molecule has 0 fully saturated rings. The molecule has 1 amide bonds. The van der Waals surface area contributed by atoms with Crippen molar-refractivity contribution in [2.75, 3.05) is 6.54 Å². The molecule has 0 bridgehead atoms. The summed E-state index contributed by atoms with van der Waals surface area (Å²) in [5, 5.41) is 12.0. The monoisotopic (exact) mass is 251 g/mol. The Morgan fingerprint density at radius 2 is 1.83 bits per heavy atom. The number of aliphatic hydroxyl groups is 1. The third-order valence-corrected chi connectivity index (χ3v) is 1.90. The fourth-order valence-corrected chi connectivity index (χ4v) is 1.03. The van der Waals surface area contributed by atoms with Gasteiger partial charge in [0.2, 0.25) is 5.91 Å². The van der Waals surface area contributed by atoms with Gasteiger partial charge in [-0.2, -0.15) is 0 Å². The normalized spacial score (nSPS) is 12.6. The van der Waals surface area contributed by atoms with E-state index in [-0.39, 0.29) is 12.5 Å². The third-order valence-electron chi connectivity index (χ3n) is 1.90. The van der Waals surface area contributed by atoms with E-state index < -0.39 is 5.60 Å². The zero-order valence-electron chi connectivity index (χ0n) is 10.9. The van der Waals surface area contributed by atoms with E-state index in [1.165, 1.54) is 12.2 Å². The van der Waals surface area contributed by atoms with Gasteiger partial charge in [0.25, 0.3) is 0 Å². The predicted molar refractivity (Wildman–Crippen MR) is 72.0 cm³/mol. The van der Waals surface area contributed by atoms with E-state index in [9.17, 15) is 14.7 Å². The molecule has 2 N–H and O–H groups in total. The van der Waals surface area contributed by atoms with Crippen LogP contribution in [-0.4, -0.2) is 29.4 Å². The van der Waals surface area contributed by atoms with Crippen LogP contribution in [0.5, 0.6) is 0 Å². The molecule has 0 saturated carbocycles. The van der Waals surface area contributed by atoms with Crippen molar-refractivity contribution < 1.29 is 14.7 Å². The summed E-state index contributed by atoms with van der Waals surface area (Å²) in [4.78, 5) is 21.2. The van der Waals surface area contributed by atoms with E-state index >= 15 is 0 Å². The van der Waals surface area contributed by atoms with Crippen LogP contribution < -0.4 is 5.32 Å². The standard InChI is InChI=1S/C14H21NO3/c1-14(2,18)12-15-13(17)10-8-6-4-3-5-7-9-11-16/h3,5,7-11,18H,4,6,12H2,1-2H3,(H,15,17). The number of hydrogen-bond donors (Lipinski definition) is 2. The van der Waals surface area contributed by atoms with Crippen LogP contribution in [0.25, 0.3) is 0 Å². The van der Waals surface area contributed by atoms with Gasteiger partial charge >= 0.3 is 0 Å². The number of unbranched alkanes of at least 4 members (excludes halogenated alkanes) is 1. The highest BCUT2D eigenvalue weighted by atomic mass is 16.3. The molecule has 0 aromatic rings. The van der Waals surface area contributed by atoms with Crippen LogP contribution in [-0.2, 0) is 9.59 Å². The molecule has 18 heavy (non-hydrogen) atoms. The minimum atomic E-state index is -0.892. The van der Waals surface area contributed by atoms with Crippen LogP contribution in [0, 0.1) is 0 Å². The molecule has 0 aromatic carbocycles. The fourth-order valence-electron chi connectivity index (χ4n) is 1.03. The van der Waals surface area contributed by atoms with Gasteiger partial charge in [0, 0.05) is 6.54 Å². The highest BCUT2D eigenvalue weighted by Gasteiger charge is 2.12. The summed E-state index contributed by atoms with van der Waals surface area (Å²) in [6.45, 7) is 3.50. The van der Waals surface area contributed by atoms with Gasteiger partial charge in [-0.05, 0) is 38.8 Å². The minimum Gasteiger partial charge on any atom is -0.389 e. The van der Waals surface area contributed by atoms with E-state index in [0.29, 0.717) is 0 Å². The van der Waals surface area contributed by atoms with Gasteiger partial charge in [0.15, 0.2) is 0 Å². The van der Waals surface area contributed by atoms with Gasteiger partial charge in [0.1, 0.15) is 6.29 Å². The van der Waals surface area contributed by atoms with Gasteiger partial charge in [-0.15, -0.1) is 0 Å². The van der Waals surface area contributed by atoms with Crippen LogP contribution in [0.2, 0.25) is 0 Å². The average molecular weight is 251 g/mol. The molecular formula is C14H21NO3. The SMILES string of the molecule is CC(C)(O)CNC(=O)C=CCCC=CC=CC=O. The van der Waals surface area contributed by atoms with Gasteiger partial charge in [-0.3, -0.25) is 9.59 Å². The third kappa shape index (κ3) is 12.4. The van der Waals surface area contributed by atoms with Crippen LogP contribution in [0.4, 0.5) is 0 Å². The largest absolute Gasteiger partial charge is 0.389 e. The lowest BCUT2D eigenvalue weighted by atomic mass is 10.1. The number of hydrogen-bond acceptors (Lipinski definition) is 3. The lowest BCUT2D eigenvalue weighted by Gasteiger charge is -2.16. The molecule has 0 aromatic heterocycles. The molecular weight excluding hydrogens is 230 g/mol. The number of carbonyl (C=O) groups excluding carboxylic acids is 2. The molecule has 0 aliphatic rings. The smallest absolute Gasteiger partial charge is 0.243 e. The lowest BCUT2D eigenvalue weighted by molar-refractivity contribution is -0.117. The van der Waals surface area contributed by atoms with Crippen LogP contribution in [0.3, 0.4) is 0 Å². The Morgan fingerprint density at radius 3 is 2.44 bits per heavy atom. The van der Waals surface area contributed by atoms with E-state index in [4.69, 9.17) is 0 Å². The van der Waals surface area contributed by atoms with Gasteiger partial charge in [0.05, 0.1) is 5.60 Å². The molecule has 0 radical (unpaired) electrons. The molecule has 0 atom stereocenters. The zero-order valence-corrected chi connectivity index (χ0v) is 10.9. The summed E-state index contributed by atoms with van der Waals surface area (Å²) >= 11 is 0. The molecule has 0 spiro atoms. The Bertz CT molecular complexity index is 335. The molecule has 0 aliphatic heterocycles. The highest BCUT2D eigenvalue weighted by Crippen LogP contribution is 1.97. The second-order valence-electron chi connectivity index (χ2n) is 4.46. The van der Waals surface area contributed by atoms with Crippen LogP contribution in [0.1, 0.15) is 26.7 Å². The number of allylic oxidation sites excluding steroid dienone is 5. The van der Waals surface area contributed by atoms with Gasteiger partial charge in [-0.1, -0.05) is 24.3 Å². The van der Waals surface area contributed by atoms with Crippen molar-refractivity contribution >= 4 is 12.2 Å². The number of aldehydes is 1. The van der Waals surface area contributed by atoms with Gasteiger partial charge in [-0.25, -0.2) is 0 Å². The Labute approximate surface area is 108 Å². The summed E-state index contributed by atoms with van der Waals surface area (Å²) in [6.07, 6.45) is 12.3. The number of nitrogens with one attached hydrogen (secondary N) is 1. The molecule has 4 nitrogen and oxygen atoms in total. The van der Waals surface area contributed by atoms with Crippen molar-refractivity contribution in [3.05, 3.63) is 36.5 Å². The molecule has 0 saturated heterocycles. The van der Waals surface area contributed by atoms with Gasteiger partial charge < -0.3 is 10.4 Å². The fraction of sp³-hybridized carbons (Fsp3) is 0.429. The minimum absolute atomic E-state index is 0.207. The first-order chi connectivity index (χ1) is 8.45. The maximum Gasteiger partial charge on any atom is 0.243 e. The second kappa shape index (κ2) is 9.36.